The number of rotatable bonds is 5. The van der Waals surface area contributed by atoms with E-state index < -0.39 is 17.4 Å². The Morgan fingerprint density at radius 2 is 1.57 bits per heavy atom. The van der Waals surface area contributed by atoms with Crippen LogP contribution in [0.15, 0.2) is 51.7 Å². The van der Waals surface area contributed by atoms with Crippen molar-refractivity contribution in [1.29, 1.82) is 0 Å². The first kappa shape index (κ1) is 21.5. The lowest BCUT2D eigenvalue weighted by Gasteiger charge is -2.13. The highest BCUT2D eigenvalue weighted by molar-refractivity contribution is 5.75. The normalized spacial score (nSPS) is 11.5. The van der Waals surface area contributed by atoms with Crippen LogP contribution in [0.5, 0.6) is 11.5 Å². The molecule has 7 heteroatoms. The van der Waals surface area contributed by atoms with Crippen molar-refractivity contribution in [3.05, 3.63) is 80.9 Å². The van der Waals surface area contributed by atoms with Crippen molar-refractivity contribution < 1.29 is 27.4 Å². The Balaban J connectivity index is 1.74. The molecule has 4 nitrogen and oxygen atoms in total. The molecule has 158 valence electrons. The molecule has 0 aliphatic rings. The molecule has 0 saturated heterocycles. The number of hydrogen-bond donors (Lipinski definition) is 1. The first-order valence-electron chi connectivity index (χ1n) is 9.30. The molecule has 2 aromatic carbocycles. The maximum absolute atomic E-state index is 12.6. The fraction of sp³-hybridized carbons (Fsp3) is 0.261. The van der Waals surface area contributed by atoms with E-state index in [1.807, 2.05) is 32.9 Å². The van der Waals surface area contributed by atoms with Crippen LogP contribution in [0.3, 0.4) is 0 Å². The molecule has 0 atom stereocenters. The van der Waals surface area contributed by atoms with Crippen molar-refractivity contribution in [3.8, 4) is 22.6 Å². The van der Waals surface area contributed by atoms with Gasteiger partial charge in [0.05, 0.1) is 12.2 Å². The van der Waals surface area contributed by atoms with E-state index in [1.54, 1.807) is 0 Å². The molecule has 3 aromatic rings. The van der Waals surface area contributed by atoms with Crippen molar-refractivity contribution >= 4 is 0 Å². The van der Waals surface area contributed by atoms with Gasteiger partial charge in [0.1, 0.15) is 22.8 Å². The van der Waals surface area contributed by atoms with Gasteiger partial charge in [-0.1, -0.05) is 17.7 Å². The number of halogens is 3. The van der Waals surface area contributed by atoms with Crippen LogP contribution in [0, 0.1) is 20.8 Å². The maximum Gasteiger partial charge on any atom is 0.416 e. The van der Waals surface area contributed by atoms with Crippen molar-refractivity contribution in [2.45, 2.75) is 33.4 Å². The predicted molar refractivity (Wildman–Crippen MR) is 107 cm³/mol. The zero-order valence-electron chi connectivity index (χ0n) is 16.8. The highest BCUT2D eigenvalue weighted by Gasteiger charge is 2.30. The van der Waals surface area contributed by atoms with Gasteiger partial charge in [0, 0.05) is 12.5 Å². The molecule has 0 radical (unpaired) electrons. The Morgan fingerprint density at radius 3 is 2.10 bits per heavy atom. The SMILES string of the molecule is Cc1cc(C)c(-c2c(O)cc(CCOc3ccc(C(F)(F)F)cc3)oc2=O)c(C)c1. The highest BCUT2D eigenvalue weighted by atomic mass is 19.4. The number of alkyl halides is 3. The van der Waals surface area contributed by atoms with E-state index in [0.717, 1.165) is 28.8 Å². The average molecular weight is 418 g/mol. The van der Waals surface area contributed by atoms with Crippen molar-refractivity contribution in [3.63, 3.8) is 0 Å². The standard InChI is InChI=1S/C23H21F3O4/c1-13-10-14(2)20(15(3)11-13)21-19(27)12-18(30-22(21)28)8-9-29-17-6-4-16(5-7-17)23(24,25)26/h4-7,10-12,27H,8-9H2,1-3H3. The van der Waals surface area contributed by atoms with Gasteiger partial charge in [-0.2, -0.15) is 13.2 Å². The Bertz CT molecular complexity index is 1090. The second kappa shape index (κ2) is 8.26. The summed E-state index contributed by atoms with van der Waals surface area (Å²) in [6.07, 6.45) is -4.24. The van der Waals surface area contributed by atoms with Gasteiger partial charge in [-0.25, -0.2) is 4.79 Å². The van der Waals surface area contributed by atoms with Crippen LogP contribution in [-0.2, 0) is 12.6 Å². The number of aromatic hydroxyl groups is 1. The minimum absolute atomic E-state index is 0.0652. The third-order valence-electron chi connectivity index (χ3n) is 4.71. The maximum atomic E-state index is 12.6. The van der Waals surface area contributed by atoms with Crippen LogP contribution in [-0.4, -0.2) is 11.7 Å². The summed E-state index contributed by atoms with van der Waals surface area (Å²) in [5.74, 6) is 0.290. The molecular formula is C23H21F3O4. The molecule has 0 spiro atoms. The quantitative estimate of drug-likeness (QED) is 0.588. The summed E-state index contributed by atoms with van der Waals surface area (Å²) in [6, 6.07) is 9.53. The molecule has 0 aliphatic heterocycles. The van der Waals surface area contributed by atoms with Gasteiger partial charge in [0.2, 0.25) is 0 Å². The molecule has 0 unspecified atom stereocenters. The second-order valence-corrected chi connectivity index (χ2v) is 7.15. The van der Waals surface area contributed by atoms with E-state index in [-0.39, 0.29) is 35.9 Å². The zero-order valence-corrected chi connectivity index (χ0v) is 16.8. The van der Waals surface area contributed by atoms with Crippen LogP contribution >= 0.6 is 0 Å². The van der Waals surface area contributed by atoms with Gasteiger partial charge in [0.25, 0.3) is 0 Å². The molecule has 0 bridgehead atoms. The Kier molecular flexibility index (Phi) is 5.92. The number of hydrogen-bond acceptors (Lipinski definition) is 4. The topological polar surface area (TPSA) is 59.7 Å². The third-order valence-corrected chi connectivity index (χ3v) is 4.71. The van der Waals surface area contributed by atoms with Gasteiger partial charge < -0.3 is 14.3 Å². The predicted octanol–water partition coefficient (Wildman–Crippen LogP) is 5.58. The average Bonchev–Trinajstić information content (AvgIpc) is 2.63. The molecule has 1 aromatic heterocycles. The van der Waals surface area contributed by atoms with Crippen molar-refractivity contribution in [2.24, 2.45) is 0 Å². The van der Waals surface area contributed by atoms with Gasteiger partial charge >= 0.3 is 11.8 Å². The van der Waals surface area contributed by atoms with Crippen LogP contribution in [0.1, 0.15) is 28.0 Å². The lowest BCUT2D eigenvalue weighted by molar-refractivity contribution is -0.137. The van der Waals surface area contributed by atoms with Crippen LogP contribution < -0.4 is 10.4 Å². The van der Waals surface area contributed by atoms with Gasteiger partial charge in [-0.05, 0) is 61.7 Å². The number of benzene rings is 2. The molecular weight excluding hydrogens is 397 g/mol. The van der Waals surface area contributed by atoms with Crippen LogP contribution in [0.25, 0.3) is 11.1 Å². The molecule has 3 rings (SSSR count). The smallest absolute Gasteiger partial charge is 0.416 e. The molecule has 0 amide bonds. The van der Waals surface area contributed by atoms with Gasteiger partial charge in [-0.15, -0.1) is 0 Å². The largest absolute Gasteiger partial charge is 0.507 e. The Labute approximate surface area is 171 Å². The van der Waals surface area contributed by atoms with Gasteiger partial charge in [-0.3, -0.25) is 0 Å². The highest BCUT2D eigenvalue weighted by Crippen LogP contribution is 2.33. The zero-order chi connectivity index (χ0) is 22.1. The molecule has 1 heterocycles. The first-order valence-corrected chi connectivity index (χ1v) is 9.30. The molecule has 0 aliphatic carbocycles. The van der Waals surface area contributed by atoms with E-state index >= 15 is 0 Å². The lowest BCUT2D eigenvalue weighted by Crippen LogP contribution is -2.10. The molecule has 1 N–H and O–H groups in total. The van der Waals surface area contributed by atoms with Crippen LogP contribution in [0.2, 0.25) is 0 Å². The van der Waals surface area contributed by atoms with Crippen molar-refractivity contribution in [1.82, 2.24) is 0 Å². The van der Waals surface area contributed by atoms with E-state index in [0.29, 0.717) is 5.56 Å². The second-order valence-electron chi connectivity index (χ2n) is 7.15. The van der Waals surface area contributed by atoms with E-state index in [4.69, 9.17) is 9.15 Å². The molecule has 30 heavy (non-hydrogen) atoms. The van der Waals surface area contributed by atoms with Crippen molar-refractivity contribution in [2.75, 3.05) is 6.61 Å². The Morgan fingerprint density at radius 1 is 0.967 bits per heavy atom. The summed E-state index contributed by atoms with van der Waals surface area (Å²) >= 11 is 0. The summed E-state index contributed by atoms with van der Waals surface area (Å²) < 4.78 is 48.5. The lowest BCUT2D eigenvalue weighted by atomic mass is 9.94. The number of aryl methyl sites for hydroxylation is 3. The summed E-state index contributed by atoms with van der Waals surface area (Å²) in [7, 11) is 0. The molecule has 0 saturated carbocycles. The fourth-order valence-corrected chi connectivity index (χ4v) is 3.47. The van der Waals surface area contributed by atoms with E-state index in [2.05, 4.69) is 0 Å². The summed E-state index contributed by atoms with van der Waals surface area (Å²) in [4.78, 5) is 12.5. The summed E-state index contributed by atoms with van der Waals surface area (Å²) in [6.45, 7) is 5.74. The monoisotopic (exact) mass is 418 g/mol. The summed E-state index contributed by atoms with van der Waals surface area (Å²) in [5, 5.41) is 10.5. The fourth-order valence-electron chi connectivity index (χ4n) is 3.47. The molecule has 0 fully saturated rings. The minimum Gasteiger partial charge on any atom is -0.507 e. The number of ether oxygens (including phenoxy) is 1. The van der Waals surface area contributed by atoms with E-state index in [1.165, 1.54) is 18.2 Å². The third kappa shape index (κ3) is 4.67. The Hall–Kier alpha value is -3.22. The van der Waals surface area contributed by atoms with E-state index in [9.17, 15) is 23.1 Å². The van der Waals surface area contributed by atoms with Crippen LogP contribution in [0.4, 0.5) is 13.2 Å². The first-order chi connectivity index (χ1) is 14.1. The van der Waals surface area contributed by atoms with Gasteiger partial charge in [0.15, 0.2) is 0 Å². The summed E-state index contributed by atoms with van der Waals surface area (Å²) in [5.41, 5.74) is 2.09. The minimum atomic E-state index is -4.41.